The summed E-state index contributed by atoms with van der Waals surface area (Å²) in [5.41, 5.74) is 1.06. The molecule has 0 bridgehead atoms. The fourth-order valence-corrected chi connectivity index (χ4v) is 4.03. The molecule has 3 aromatic heterocycles. The zero-order valence-corrected chi connectivity index (χ0v) is 13.4. The summed E-state index contributed by atoms with van der Waals surface area (Å²) >= 11 is 6.81. The van der Waals surface area contributed by atoms with Crippen molar-refractivity contribution in [2.24, 2.45) is 0 Å². The minimum atomic E-state index is 0.701. The number of rotatable bonds is 5. The summed E-state index contributed by atoms with van der Waals surface area (Å²) in [6.07, 6.45) is 2.02. The van der Waals surface area contributed by atoms with Crippen LogP contribution in [-0.4, -0.2) is 16.5 Å². The molecule has 3 rings (SSSR count). The smallest absolute Gasteiger partial charge is 0.237 e. The molecule has 0 aliphatic rings. The highest BCUT2D eigenvalue weighted by Gasteiger charge is 2.13. The first-order valence-electron chi connectivity index (χ1n) is 5.70. The summed E-state index contributed by atoms with van der Waals surface area (Å²) in [6, 6.07) is 2.13. The average molecular weight is 358 g/mol. The van der Waals surface area contributed by atoms with Crippen molar-refractivity contribution in [2.75, 3.05) is 7.11 Å². The summed E-state index contributed by atoms with van der Waals surface area (Å²) in [6.45, 7) is 1.58. The number of ether oxygens (including phenoxy) is 1. The second-order valence-electron chi connectivity index (χ2n) is 3.96. The predicted octanol–water partition coefficient (Wildman–Crippen LogP) is 3.52. The Kier molecular flexibility index (Phi) is 3.88. The Balaban J connectivity index is 1.72. The van der Waals surface area contributed by atoms with Crippen LogP contribution in [0.4, 0.5) is 0 Å². The maximum absolute atomic E-state index is 5.33. The number of hydrogen-bond donors (Lipinski definition) is 1. The number of thiophene rings is 1. The standard InChI is InChI=1S/C12H12BrN3OS2/c1-17-11-10(16-2-3-18-12(16)15-11)6-14-5-9-4-8(13)7-19-9/h2-4,7,14H,5-6H2,1H3. The number of methoxy groups -OCH3 is 1. The molecule has 0 aromatic carbocycles. The molecular weight excluding hydrogens is 346 g/mol. The molecule has 0 unspecified atom stereocenters. The Labute approximate surface area is 127 Å². The fraction of sp³-hybridized carbons (Fsp3) is 0.250. The molecule has 0 radical (unpaired) electrons. The van der Waals surface area contributed by atoms with Crippen molar-refractivity contribution in [3.8, 4) is 5.88 Å². The molecule has 0 aliphatic carbocycles. The Morgan fingerprint density at radius 2 is 2.32 bits per heavy atom. The van der Waals surface area contributed by atoms with E-state index < -0.39 is 0 Å². The van der Waals surface area contributed by atoms with Crippen molar-refractivity contribution in [1.29, 1.82) is 0 Å². The summed E-state index contributed by atoms with van der Waals surface area (Å²) in [5.74, 6) is 0.701. The molecule has 0 saturated carbocycles. The van der Waals surface area contributed by atoms with Crippen LogP contribution in [0.5, 0.6) is 5.88 Å². The molecule has 0 spiro atoms. The number of aromatic nitrogens is 2. The van der Waals surface area contributed by atoms with Crippen LogP contribution in [0.25, 0.3) is 4.96 Å². The summed E-state index contributed by atoms with van der Waals surface area (Å²) < 4.78 is 8.53. The van der Waals surface area contributed by atoms with Gasteiger partial charge in [0.15, 0.2) is 4.96 Å². The molecule has 1 N–H and O–H groups in total. The molecule has 4 nitrogen and oxygen atoms in total. The van der Waals surface area contributed by atoms with Crippen molar-refractivity contribution in [3.63, 3.8) is 0 Å². The van der Waals surface area contributed by atoms with Crippen molar-refractivity contribution in [3.05, 3.63) is 38.1 Å². The molecule has 0 aliphatic heterocycles. The van der Waals surface area contributed by atoms with Crippen molar-refractivity contribution < 1.29 is 4.74 Å². The molecule has 0 atom stereocenters. The molecule has 0 amide bonds. The number of imidazole rings is 1. The quantitative estimate of drug-likeness (QED) is 0.759. The van der Waals surface area contributed by atoms with Crippen LogP contribution in [0.3, 0.4) is 0 Å². The average Bonchev–Trinajstić information content (AvgIpc) is 3.06. The Morgan fingerprint density at radius 3 is 3.05 bits per heavy atom. The van der Waals surface area contributed by atoms with Crippen LogP contribution < -0.4 is 10.1 Å². The van der Waals surface area contributed by atoms with Gasteiger partial charge in [0.1, 0.15) is 5.69 Å². The van der Waals surface area contributed by atoms with Gasteiger partial charge in [0.2, 0.25) is 5.88 Å². The predicted molar refractivity (Wildman–Crippen MR) is 82.2 cm³/mol. The molecule has 0 fully saturated rings. The number of thiazole rings is 1. The summed E-state index contributed by atoms with van der Waals surface area (Å²) in [4.78, 5) is 6.70. The van der Waals surface area contributed by atoms with Gasteiger partial charge in [0.05, 0.1) is 7.11 Å². The van der Waals surface area contributed by atoms with E-state index in [4.69, 9.17) is 4.74 Å². The highest BCUT2D eigenvalue weighted by Crippen LogP contribution is 2.23. The molecule has 7 heteroatoms. The van der Waals surface area contributed by atoms with E-state index in [1.165, 1.54) is 4.88 Å². The molecule has 19 heavy (non-hydrogen) atoms. The third kappa shape index (κ3) is 2.69. The van der Waals surface area contributed by atoms with Gasteiger partial charge in [-0.3, -0.25) is 4.40 Å². The second kappa shape index (κ2) is 5.62. The third-order valence-corrected chi connectivity index (χ3v) is 5.19. The van der Waals surface area contributed by atoms with E-state index in [0.29, 0.717) is 5.88 Å². The second-order valence-corrected chi connectivity index (χ2v) is 6.74. The van der Waals surface area contributed by atoms with Crippen LogP contribution in [0.2, 0.25) is 0 Å². The van der Waals surface area contributed by atoms with Crippen molar-refractivity contribution in [1.82, 2.24) is 14.7 Å². The zero-order chi connectivity index (χ0) is 13.2. The van der Waals surface area contributed by atoms with E-state index in [0.717, 1.165) is 28.2 Å². The fourth-order valence-electron chi connectivity index (χ4n) is 1.89. The van der Waals surface area contributed by atoms with Crippen LogP contribution in [0, 0.1) is 0 Å². The van der Waals surface area contributed by atoms with E-state index in [1.807, 2.05) is 11.6 Å². The molecule has 3 heterocycles. The van der Waals surface area contributed by atoms with E-state index >= 15 is 0 Å². The number of fused-ring (bicyclic) bond motifs is 1. The van der Waals surface area contributed by atoms with E-state index in [2.05, 4.69) is 42.1 Å². The lowest BCUT2D eigenvalue weighted by Gasteiger charge is -2.04. The van der Waals surface area contributed by atoms with Crippen molar-refractivity contribution >= 4 is 43.6 Å². The van der Waals surface area contributed by atoms with Gasteiger partial charge < -0.3 is 10.1 Å². The SMILES string of the molecule is COc1nc2sccn2c1CNCc1cc(Br)cs1. The van der Waals surface area contributed by atoms with Gasteiger partial charge in [0.25, 0.3) is 0 Å². The maximum atomic E-state index is 5.33. The minimum Gasteiger partial charge on any atom is -0.480 e. The zero-order valence-electron chi connectivity index (χ0n) is 10.2. The molecular formula is C12H12BrN3OS2. The lowest BCUT2D eigenvalue weighted by molar-refractivity contribution is 0.393. The van der Waals surface area contributed by atoms with E-state index in [1.54, 1.807) is 29.8 Å². The lowest BCUT2D eigenvalue weighted by atomic mass is 10.4. The number of nitrogens with one attached hydrogen (secondary N) is 1. The summed E-state index contributed by atoms with van der Waals surface area (Å²) in [5, 5.41) is 7.55. The van der Waals surface area contributed by atoms with Crippen molar-refractivity contribution in [2.45, 2.75) is 13.1 Å². The van der Waals surface area contributed by atoms with Crippen LogP contribution in [-0.2, 0) is 13.1 Å². The van der Waals surface area contributed by atoms with E-state index in [-0.39, 0.29) is 0 Å². The molecule has 0 saturated heterocycles. The Bertz CT molecular complexity index is 688. The topological polar surface area (TPSA) is 38.6 Å². The number of hydrogen-bond acceptors (Lipinski definition) is 5. The summed E-state index contributed by atoms with van der Waals surface area (Å²) in [7, 11) is 1.66. The number of nitrogens with zero attached hydrogens (tertiary/aromatic N) is 2. The largest absolute Gasteiger partial charge is 0.480 e. The van der Waals surface area contributed by atoms with Gasteiger partial charge in [-0.05, 0) is 22.0 Å². The van der Waals surface area contributed by atoms with Gasteiger partial charge >= 0.3 is 0 Å². The van der Waals surface area contributed by atoms with Crippen LogP contribution in [0.1, 0.15) is 10.6 Å². The highest BCUT2D eigenvalue weighted by atomic mass is 79.9. The van der Waals surface area contributed by atoms with Gasteiger partial charge in [-0.25, -0.2) is 0 Å². The first-order chi connectivity index (χ1) is 9.28. The Hall–Kier alpha value is -0.890. The van der Waals surface area contributed by atoms with Gasteiger partial charge in [-0.2, -0.15) is 4.98 Å². The molecule has 3 aromatic rings. The highest BCUT2D eigenvalue weighted by molar-refractivity contribution is 9.10. The van der Waals surface area contributed by atoms with Gasteiger partial charge in [-0.1, -0.05) is 0 Å². The monoisotopic (exact) mass is 357 g/mol. The third-order valence-electron chi connectivity index (χ3n) is 2.73. The first kappa shape index (κ1) is 13.1. The number of halogens is 1. The van der Waals surface area contributed by atoms with Gasteiger partial charge in [-0.15, -0.1) is 22.7 Å². The Morgan fingerprint density at radius 1 is 1.42 bits per heavy atom. The van der Waals surface area contributed by atoms with Crippen LogP contribution in [0.15, 0.2) is 27.5 Å². The normalized spacial score (nSPS) is 11.3. The lowest BCUT2D eigenvalue weighted by Crippen LogP contribution is -2.13. The van der Waals surface area contributed by atoms with Crippen LogP contribution >= 0.6 is 38.6 Å². The molecule has 100 valence electrons. The maximum Gasteiger partial charge on any atom is 0.237 e. The first-order valence-corrected chi connectivity index (χ1v) is 8.25. The minimum absolute atomic E-state index is 0.701. The van der Waals surface area contributed by atoms with E-state index in [9.17, 15) is 0 Å². The van der Waals surface area contributed by atoms with Gasteiger partial charge in [0, 0.05) is 39.4 Å².